The van der Waals surface area contributed by atoms with E-state index >= 15 is 0 Å². The average molecular weight is 251 g/mol. The van der Waals surface area contributed by atoms with E-state index in [2.05, 4.69) is 9.84 Å². The van der Waals surface area contributed by atoms with Gasteiger partial charge in [-0.15, -0.1) is 0 Å². The lowest BCUT2D eigenvalue weighted by Gasteiger charge is -2.11. The molecule has 0 aromatic carbocycles. The zero-order valence-corrected chi connectivity index (χ0v) is 9.54. The van der Waals surface area contributed by atoms with Gasteiger partial charge in [-0.1, -0.05) is 23.2 Å². The molecule has 0 N–H and O–H groups in total. The summed E-state index contributed by atoms with van der Waals surface area (Å²) in [4.78, 5) is 22.7. The predicted octanol–water partition coefficient (Wildman–Crippen LogP) is 1.28. The quantitative estimate of drug-likeness (QED) is 0.743. The zero-order chi connectivity index (χ0) is 11.6. The number of hydrogen-bond donors (Lipinski definition) is 0. The smallest absolute Gasteiger partial charge is 0.330 e. The van der Waals surface area contributed by atoms with Crippen molar-refractivity contribution in [1.29, 1.82) is 0 Å². The molecule has 0 bridgehead atoms. The van der Waals surface area contributed by atoms with Crippen LogP contribution in [-0.4, -0.2) is 22.9 Å². The second-order valence-corrected chi connectivity index (χ2v) is 3.54. The van der Waals surface area contributed by atoms with Crippen LogP contribution in [-0.2, 0) is 9.53 Å². The van der Waals surface area contributed by atoms with Crippen molar-refractivity contribution in [2.45, 2.75) is 13.0 Å². The summed E-state index contributed by atoms with van der Waals surface area (Å²) in [6.45, 7) is 1.48. The Balaban J connectivity index is 3.22. The van der Waals surface area contributed by atoms with E-state index in [0.29, 0.717) is 0 Å². The van der Waals surface area contributed by atoms with Gasteiger partial charge in [0.1, 0.15) is 5.02 Å². The van der Waals surface area contributed by atoms with Gasteiger partial charge >= 0.3 is 5.97 Å². The summed E-state index contributed by atoms with van der Waals surface area (Å²) in [5, 5.41) is 3.58. The molecule has 0 unspecified atom stereocenters. The lowest BCUT2D eigenvalue weighted by molar-refractivity contribution is -0.144. The first-order valence-electron chi connectivity index (χ1n) is 3.99. The molecular weight excluding hydrogens is 243 g/mol. The molecule has 0 radical (unpaired) electrons. The van der Waals surface area contributed by atoms with Gasteiger partial charge in [-0.05, 0) is 6.92 Å². The van der Waals surface area contributed by atoms with E-state index in [0.717, 1.165) is 4.68 Å². The number of esters is 1. The van der Waals surface area contributed by atoms with Crippen LogP contribution in [0.2, 0.25) is 10.0 Å². The summed E-state index contributed by atoms with van der Waals surface area (Å²) in [6, 6.07) is -0.836. The molecule has 0 aliphatic carbocycles. The van der Waals surface area contributed by atoms with Crippen LogP contribution in [0, 0.1) is 0 Å². The van der Waals surface area contributed by atoms with Crippen LogP contribution < -0.4 is 5.56 Å². The highest BCUT2D eigenvalue weighted by Crippen LogP contribution is 2.16. The molecule has 0 saturated carbocycles. The van der Waals surface area contributed by atoms with E-state index < -0.39 is 17.6 Å². The summed E-state index contributed by atoms with van der Waals surface area (Å²) in [5.41, 5.74) is -0.623. The van der Waals surface area contributed by atoms with Gasteiger partial charge in [0.05, 0.1) is 18.3 Å². The summed E-state index contributed by atoms with van der Waals surface area (Å²) in [5.74, 6) is -0.581. The number of carbonyl (C=O) groups excluding carboxylic acids is 1. The SMILES string of the molecule is COC(=O)[C@@H](C)n1ncc(Cl)c(Cl)c1=O. The van der Waals surface area contributed by atoms with Crippen LogP contribution in [0.4, 0.5) is 0 Å². The number of ether oxygens (including phenoxy) is 1. The van der Waals surface area contributed by atoms with Crippen molar-refractivity contribution in [2.75, 3.05) is 7.11 Å². The number of halogens is 2. The molecule has 1 heterocycles. The Kier molecular flexibility index (Phi) is 3.71. The number of carbonyl (C=O) groups is 1. The third kappa shape index (κ3) is 2.30. The van der Waals surface area contributed by atoms with Gasteiger partial charge in [0, 0.05) is 0 Å². The highest BCUT2D eigenvalue weighted by atomic mass is 35.5. The summed E-state index contributed by atoms with van der Waals surface area (Å²) in [6.07, 6.45) is 1.20. The van der Waals surface area contributed by atoms with Crippen molar-refractivity contribution >= 4 is 29.2 Å². The Morgan fingerprint density at radius 2 is 2.20 bits per heavy atom. The standard InChI is InChI=1S/C8H8Cl2N2O3/c1-4(8(14)15-2)12-7(13)6(10)5(9)3-11-12/h3-4H,1-2H3/t4-/m1/s1. The average Bonchev–Trinajstić information content (AvgIpc) is 2.24. The maximum atomic E-state index is 11.5. The normalized spacial score (nSPS) is 12.3. The lowest BCUT2D eigenvalue weighted by Crippen LogP contribution is -2.31. The Bertz CT molecular complexity index is 444. The minimum Gasteiger partial charge on any atom is -0.467 e. The fraction of sp³-hybridized carbons (Fsp3) is 0.375. The van der Waals surface area contributed by atoms with E-state index in [-0.39, 0.29) is 10.0 Å². The van der Waals surface area contributed by atoms with Gasteiger partial charge in [0.2, 0.25) is 0 Å². The first-order chi connectivity index (χ1) is 6.99. The molecule has 82 valence electrons. The van der Waals surface area contributed by atoms with Crippen LogP contribution in [0.1, 0.15) is 13.0 Å². The highest BCUT2D eigenvalue weighted by Gasteiger charge is 2.19. The van der Waals surface area contributed by atoms with Crippen molar-refractivity contribution in [3.63, 3.8) is 0 Å². The van der Waals surface area contributed by atoms with E-state index in [9.17, 15) is 9.59 Å². The molecule has 7 heteroatoms. The number of aromatic nitrogens is 2. The molecule has 1 rings (SSSR count). The Morgan fingerprint density at radius 1 is 1.60 bits per heavy atom. The number of rotatable bonds is 2. The van der Waals surface area contributed by atoms with Crippen LogP contribution >= 0.6 is 23.2 Å². The van der Waals surface area contributed by atoms with Crippen molar-refractivity contribution < 1.29 is 9.53 Å². The lowest BCUT2D eigenvalue weighted by atomic mass is 10.3. The predicted molar refractivity (Wildman–Crippen MR) is 55.2 cm³/mol. The van der Waals surface area contributed by atoms with Crippen LogP contribution in [0.3, 0.4) is 0 Å². The van der Waals surface area contributed by atoms with Crippen molar-refractivity contribution in [3.8, 4) is 0 Å². The molecule has 0 saturated heterocycles. The van der Waals surface area contributed by atoms with E-state index in [1.807, 2.05) is 0 Å². The van der Waals surface area contributed by atoms with Crippen molar-refractivity contribution in [2.24, 2.45) is 0 Å². The fourth-order valence-corrected chi connectivity index (χ4v) is 1.23. The topological polar surface area (TPSA) is 61.2 Å². The van der Waals surface area contributed by atoms with Crippen LogP contribution in [0.5, 0.6) is 0 Å². The molecule has 0 fully saturated rings. The molecular formula is C8H8Cl2N2O3. The second kappa shape index (κ2) is 4.63. The number of methoxy groups -OCH3 is 1. The van der Waals surface area contributed by atoms with Gasteiger partial charge in [0.25, 0.3) is 5.56 Å². The monoisotopic (exact) mass is 250 g/mol. The molecule has 5 nitrogen and oxygen atoms in total. The summed E-state index contributed by atoms with van der Waals surface area (Å²) < 4.78 is 5.39. The zero-order valence-electron chi connectivity index (χ0n) is 8.03. The molecule has 0 amide bonds. The molecule has 15 heavy (non-hydrogen) atoms. The third-order valence-corrected chi connectivity index (χ3v) is 2.56. The summed E-state index contributed by atoms with van der Waals surface area (Å²) >= 11 is 11.2. The molecule has 1 aromatic heterocycles. The van der Waals surface area contributed by atoms with Crippen molar-refractivity contribution in [1.82, 2.24) is 9.78 Å². The van der Waals surface area contributed by atoms with Crippen LogP contribution in [0.15, 0.2) is 11.0 Å². The van der Waals surface area contributed by atoms with Crippen LogP contribution in [0.25, 0.3) is 0 Å². The maximum Gasteiger partial charge on any atom is 0.330 e. The molecule has 0 aliphatic rings. The first-order valence-corrected chi connectivity index (χ1v) is 4.75. The van der Waals surface area contributed by atoms with E-state index in [1.54, 1.807) is 0 Å². The number of nitrogens with zero attached hydrogens (tertiary/aromatic N) is 2. The number of hydrogen-bond acceptors (Lipinski definition) is 4. The Labute approximate surface area is 95.6 Å². The minimum absolute atomic E-state index is 0.0509. The van der Waals surface area contributed by atoms with Gasteiger partial charge in [-0.2, -0.15) is 5.10 Å². The minimum atomic E-state index is -0.836. The highest BCUT2D eigenvalue weighted by molar-refractivity contribution is 6.41. The van der Waals surface area contributed by atoms with Gasteiger partial charge in [-0.25, -0.2) is 9.48 Å². The molecule has 1 atom stereocenters. The van der Waals surface area contributed by atoms with Gasteiger partial charge in [-0.3, -0.25) is 4.79 Å². The molecule has 0 spiro atoms. The first kappa shape index (κ1) is 12.0. The Hall–Kier alpha value is -1.07. The van der Waals surface area contributed by atoms with E-state index in [1.165, 1.54) is 20.2 Å². The van der Waals surface area contributed by atoms with Gasteiger partial charge < -0.3 is 4.74 Å². The second-order valence-electron chi connectivity index (χ2n) is 2.76. The molecule has 1 aromatic rings. The third-order valence-electron chi connectivity index (χ3n) is 1.81. The molecule has 0 aliphatic heterocycles. The summed E-state index contributed by atoms with van der Waals surface area (Å²) in [7, 11) is 1.22. The largest absolute Gasteiger partial charge is 0.467 e. The maximum absolute atomic E-state index is 11.5. The van der Waals surface area contributed by atoms with Crippen molar-refractivity contribution in [3.05, 3.63) is 26.6 Å². The Morgan fingerprint density at radius 3 is 2.73 bits per heavy atom. The van der Waals surface area contributed by atoms with Gasteiger partial charge in [0.15, 0.2) is 6.04 Å². The fourth-order valence-electron chi connectivity index (χ4n) is 0.971. The van der Waals surface area contributed by atoms with E-state index in [4.69, 9.17) is 23.2 Å².